The minimum absolute atomic E-state index is 0.0646. The van der Waals surface area contributed by atoms with Crippen molar-refractivity contribution in [3.8, 4) is 0 Å². The van der Waals surface area contributed by atoms with Crippen LogP contribution in [0, 0.1) is 0 Å². The zero-order valence-electron chi connectivity index (χ0n) is 11.3. The monoisotopic (exact) mass is 250 g/mol. The second-order valence-electron chi connectivity index (χ2n) is 5.23. The van der Waals surface area contributed by atoms with E-state index in [9.17, 15) is 4.79 Å². The first-order valence-electron chi connectivity index (χ1n) is 6.41. The Morgan fingerprint density at radius 1 is 1.67 bits per heavy atom. The molecule has 1 aliphatic carbocycles. The van der Waals surface area contributed by atoms with E-state index in [1.54, 1.807) is 16.8 Å². The average molecular weight is 250 g/mol. The van der Waals surface area contributed by atoms with Crippen molar-refractivity contribution in [2.24, 2.45) is 7.05 Å². The van der Waals surface area contributed by atoms with Crippen LogP contribution in [0.1, 0.15) is 30.3 Å². The summed E-state index contributed by atoms with van der Waals surface area (Å²) in [5.41, 5.74) is 6.88. The van der Waals surface area contributed by atoms with Crippen molar-refractivity contribution in [2.45, 2.75) is 31.8 Å². The summed E-state index contributed by atoms with van der Waals surface area (Å²) in [6.07, 6.45) is 4.31. The molecule has 18 heavy (non-hydrogen) atoms. The van der Waals surface area contributed by atoms with E-state index in [1.807, 2.05) is 7.05 Å². The summed E-state index contributed by atoms with van der Waals surface area (Å²) in [5.74, 6) is -0.0646. The normalized spacial score (nSPS) is 16.9. The van der Waals surface area contributed by atoms with Gasteiger partial charge in [0, 0.05) is 31.9 Å². The number of nitrogens with two attached hydrogens (primary N) is 1. The molecule has 5 heteroatoms. The maximum atomic E-state index is 12.0. The summed E-state index contributed by atoms with van der Waals surface area (Å²) >= 11 is 0. The standard InChI is InChI=1S/C13H22N4O/c1-9(17(3)11-4-5-11)7-15-13(18)12-6-10(14)8-16(12)2/h6,8-9,11H,4-5,7,14H2,1-3H3,(H,15,18). The molecular formula is C13H22N4O. The highest BCUT2D eigenvalue weighted by Gasteiger charge is 2.29. The number of anilines is 1. The third kappa shape index (κ3) is 2.85. The number of amides is 1. The molecule has 100 valence electrons. The van der Waals surface area contributed by atoms with Crippen LogP contribution in [-0.2, 0) is 7.05 Å². The Balaban J connectivity index is 1.86. The summed E-state index contributed by atoms with van der Waals surface area (Å²) in [6, 6.07) is 2.77. The van der Waals surface area contributed by atoms with Crippen LogP contribution in [0.25, 0.3) is 0 Å². The molecule has 0 bridgehead atoms. The Morgan fingerprint density at radius 2 is 2.33 bits per heavy atom. The Bertz CT molecular complexity index is 436. The minimum Gasteiger partial charge on any atom is -0.397 e. The van der Waals surface area contributed by atoms with Crippen molar-refractivity contribution in [1.29, 1.82) is 0 Å². The lowest BCUT2D eigenvalue weighted by Gasteiger charge is -2.24. The van der Waals surface area contributed by atoms with Gasteiger partial charge in [0.05, 0.1) is 5.69 Å². The molecule has 1 atom stereocenters. The number of carbonyl (C=O) groups excluding carboxylic acids is 1. The van der Waals surface area contributed by atoms with Crippen LogP contribution in [0.5, 0.6) is 0 Å². The predicted molar refractivity (Wildman–Crippen MR) is 72.4 cm³/mol. The molecule has 1 aliphatic rings. The van der Waals surface area contributed by atoms with Gasteiger partial charge in [-0.3, -0.25) is 9.69 Å². The van der Waals surface area contributed by atoms with Gasteiger partial charge < -0.3 is 15.6 Å². The molecule has 1 fully saturated rings. The highest BCUT2D eigenvalue weighted by atomic mass is 16.1. The average Bonchev–Trinajstić information content (AvgIpc) is 3.10. The number of nitrogen functional groups attached to an aromatic ring is 1. The maximum absolute atomic E-state index is 12.0. The lowest BCUT2D eigenvalue weighted by Crippen LogP contribution is -2.41. The number of hydrogen-bond acceptors (Lipinski definition) is 3. The van der Waals surface area contributed by atoms with E-state index < -0.39 is 0 Å². The summed E-state index contributed by atoms with van der Waals surface area (Å²) < 4.78 is 1.75. The first kappa shape index (κ1) is 13.0. The molecule has 1 unspecified atom stereocenters. The smallest absolute Gasteiger partial charge is 0.268 e. The fraction of sp³-hybridized carbons (Fsp3) is 0.615. The number of aromatic nitrogens is 1. The molecular weight excluding hydrogens is 228 g/mol. The molecule has 1 aromatic heterocycles. The molecule has 0 spiro atoms. The van der Waals surface area contributed by atoms with Crippen LogP contribution in [0.2, 0.25) is 0 Å². The topological polar surface area (TPSA) is 63.3 Å². The lowest BCUT2D eigenvalue weighted by atomic mass is 10.2. The van der Waals surface area contributed by atoms with Gasteiger partial charge in [-0.05, 0) is 32.9 Å². The summed E-state index contributed by atoms with van der Waals surface area (Å²) in [7, 11) is 3.94. The first-order valence-corrected chi connectivity index (χ1v) is 6.41. The number of hydrogen-bond donors (Lipinski definition) is 2. The van der Waals surface area contributed by atoms with Crippen molar-refractivity contribution >= 4 is 11.6 Å². The predicted octanol–water partition coefficient (Wildman–Crippen LogP) is 0.820. The second-order valence-corrected chi connectivity index (χ2v) is 5.23. The number of nitrogens with one attached hydrogen (secondary N) is 1. The van der Waals surface area contributed by atoms with E-state index in [2.05, 4.69) is 24.2 Å². The number of rotatable bonds is 5. The molecule has 2 rings (SSSR count). The van der Waals surface area contributed by atoms with E-state index in [1.165, 1.54) is 12.8 Å². The lowest BCUT2D eigenvalue weighted by molar-refractivity contribution is 0.0931. The zero-order valence-corrected chi connectivity index (χ0v) is 11.3. The third-order valence-corrected chi connectivity index (χ3v) is 3.63. The van der Waals surface area contributed by atoms with Crippen molar-refractivity contribution in [2.75, 3.05) is 19.3 Å². The number of carbonyl (C=O) groups is 1. The molecule has 0 radical (unpaired) electrons. The van der Waals surface area contributed by atoms with E-state index in [-0.39, 0.29) is 5.91 Å². The van der Waals surface area contributed by atoms with Gasteiger partial charge in [-0.2, -0.15) is 0 Å². The van der Waals surface area contributed by atoms with E-state index in [0.29, 0.717) is 30.0 Å². The molecule has 1 amide bonds. The van der Waals surface area contributed by atoms with Crippen molar-refractivity contribution < 1.29 is 4.79 Å². The van der Waals surface area contributed by atoms with E-state index in [0.717, 1.165) is 0 Å². The molecule has 3 N–H and O–H groups in total. The quantitative estimate of drug-likeness (QED) is 0.813. The largest absolute Gasteiger partial charge is 0.397 e. The van der Waals surface area contributed by atoms with Crippen LogP contribution in [-0.4, -0.2) is 41.1 Å². The van der Waals surface area contributed by atoms with Crippen LogP contribution in [0.15, 0.2) is 12.3 Å². The number of aryl methyl sites for hydroxylation is 1. The Hall–Kier alpha value is -1.49. The number of nitrogens with zero attached hydrogens (tertiary/aromatic N) is 2. The fourth-order valence-electron chi connectivity index (χ4n) is 2.13. The molecule has 5 nitrogen and oxygen atoms in total. The maximum Gasteiger partial charge on any atom is 0.268 e. The Kier molecular flexibility index (Phi) is 3.61. The summed E-state index contributed by atoms with van der Waals surface area (Å²) in [6.45, 7) is 2.80. The second kappa shape index (κ2) is 5.02. The van der Waals surface area contributed by atoms with Crippen molar-refractivity contribution in [3.05, 3.63) is 18.0 Å². The summed E-state index contributed by atoms with van der Waals surface area (Å²) in [4.78, 5) is 14.3. The highest BCUT2D eigenvalue weighted by molar-refractivity contribution is 5.93. The van der Waals surface area contributed by atoms with Gasteiger partial charge in [0.2, 0.25) is 0 Å². The zero-order chi connectivity index (χ0) is 13.3. The van der Waals surface area contributed by atoms with Crippen LogP contribution >= 0.6 is 0 Å². The van der Waals surface area contributed by atoms with E-state index >= 15 is 0 Å². The van der Waals surface area contributed by atoms with Gasteiger partial charge in [0.15, 0.2) is 0 Å². The van der Waals surface area contributed by atoms with Crippen molar-refractivity contribution in [3.63, 3.8) is 0 Å². The van der Waals surface area contributed by atoms with Gasteiger partial charge >= 0.3 is 0 Å². The van der Waals surface area contributed by atoms with Crippen LogP contribution in [0.3, 0.4) is 0 Å². The minimum atomic E-state index is -0.0646. The van der Waals surface area contributed by atoms with Gasteiger partial charge in [0.1, 0.15) is 5.69 Å². The van der Waals surface area contributed by atoms with Crippen molar-refractivity contribution in [1.82, 2.24) is 14.8 Å². The molecule has 1 aromatic rings. The van der Waals surface area contributed by atoms with Crippen LogP contribution in [0.4, 0.5) is 5.69 Å². The highest BCUT2D eigenvalue weighted by Crippen LogP contribution is 2.26. The Morgan fingerprint density at radius 3 is 2.83 bits per heavy atom. The molecule has 0 aromatic carbocycles. The first-order chi connectivity index (χ1) is 8.49. The fourth-order valence-corrected chi connectivity index (χ4v) is 2.13. The van der Waals surface area contributed by atoms with Gasteiger partial charge in [-0.15, -0.1) is 0 Å². The SMILES string of the molecule is CC(CNC(=O)c1cc(N)cn1C)N(C)C1CC1. The van der Waals surface area contributed by atoms with Gasteiger partial charge in [-0.25, -0.2) is 0 Å². The molecule has 0 aliphatic heterocycles. The van der Waals surface area contributed by atoms with Crippen LogP contribution < -0.4 is 11.1 Å². The van der Waals surface area contributed by atoms with E-state index in [4.69, 9.17) is 5.73 Å². The number of likely N-dealkylation sites (N-methyl/N-ethyl adjacent to an activating group) is 1. The summed E-state index contributed by atoms with van der Waals surface area (Å²) in [5, 5.41) is 2.96. The molecule has 1 saturated carbocycles. The molecule has 0 saturated heterocycles. The molecule has 1 heterocycles. The Labute approximate surface area is 108 Å². The van der Waals surface area contributed by atoms with Gasteiger partial charge in [-0.1, -0.05) is 0 Å². The van der Waals surface area contributed by atoms with Gasteiger partial charge in [0.25, 0.3) is 5.91 Å². The third-order valence-electron chi connectivity index (χ3n) is 3.63.